The smallest absolute Gasteiger partial charge is 0.410 e. The quantitative estimate of drug-likeness (QED) is 0.278. The lowest BCUT2D eigenvalue weighted by atomic mass is 10.2. The van der Waals surface area contributed by atoms with Crippen LogP contribution in [0.2, 0.25) is 10.0 Å². The summed E-state index contributed by atoms with van der Waals surface area (Å²) >= 11 is 12.0. The van der Waals surface area contributed by atoms with E-state index < -0.39 is 107 Å². The molecule has 0 saturated carbocycles. The van der Waals surface area contributed by atoms with E-state index in [1.165, 1.54) is 20.8 Å². The lowest BCUT2D eigenvalue weighted by molar-refractivity contribution is -0.138. The highest BCUT2D eigenvalue weighted by Crippen LogP contribution is 2.39. The van der Waals surface area contributed by atoms with E-state index in [-0.39, 0.29) is 0 Å². The number of carboxylic acids is 1. The van der Waals surface area contributed by atoms with Crippen molar-refractivity contribution in [3.05, 3.63) is 16.1 Å². The molecule has 0 bridgehead atoms. The third-order valence-electron chi connectivity index (χ3n) is 4.62. The number of nitrogens with zero attached hydrogens (tertiary/aromatic N) is 2. The highest BCUT2D eigenvalue weighted by atomic mass is 35.5. The average molecular weight is 679 g/mol. The summed E-state index contributed by atoms with van der Waals surface area (Å²) in [6.45, 7) is 6.76. The van der Waals surface area contributed by atoms with E-state index >= 15 is 0 Å². The number of benzene rings is 1. The predicted molar refractivity (Wildman–Crippen MR) is 151 cm³/mol. The first-order valence-corrected chi connectivity index (χ1v) is 15.6. The molecule has 0 atom stereocenters. The van der Waals surface area contributed by atoms with E-state index in [2.05, 4.69) is 5.32 Å². The maximum absolute atomic E-state index is 13.0. The Labute approximate surface area is 253 Å². The van der Waals surface area contributed by atoms with Crippen molar-refractivity contribution in [2.75, 3.05) is 31.5 Å². The van der Waals surface area contributed by atoms with Crippen molar-refractivity contribution in [1.82, 2.24) is 9.80 Å². The Morgan fingerprint density at radius 2 is 1.21 bits per heavy atom. The molecule has 3 amide bonds. The first kappa shape index (κ1) is 37.1. The van der Waals surface area contributed by atoms with Crippen LogP contribution >= 0.6 is 23.2 Å². The van der Waals surface area contributed by atoms with Gasteiger partial charge >= 0.3 is 18.2 Å². The van der Waals surface area contributed by atoms with E-state index in [0.717, 1.165) is 9.80 Å². The highest BCUT2D eigenvalue weighted by molar-refractivity contribution is 7.90. The predicted octanol–water partition coefficient (Wildman–Crippen LogP) is 1.79. The summed E-state index contributed by atoms with van der Waals surface area (Å²) in [6, 6.07) is 0.505. The largest absolute Gasteiger partial charge is 0.480 e. The number of aliphatic carboxylic acids is 1. The molecule has 0 aromatic heterocycles. The van der Waals surface area contributed by atoms with Crippen molar-refractivity contribution in [3.8, 4) is 0 Å². The van der Waals surface area contributed by atoms with Gasteiger partial charge in [0.1, 0.15) is 34.1 Å². The van der Waals surface area contributed by atoms with Gasteiger partial charge in [-0.15, -0.1) is 0 Å². The zero-order chi connectivity index (χ0) is 33.0. The molecule has 0 saturated heterocycles. The summed E-state index contributed by atoms with van der Waals surface area (Å²) in [5, 5.41) is 20.1. The Morgan fingerprint density at radius 3 is 1.57 bits per heavy atom. The third kappa shape index (κ3) is 11.8. The zero-order valence-electron chi connectivity index (χ0n) is 23.6. The van der Waals surface area contributed by atoms with Crippen LogP contribution in [-0.4, -0.2) is 93.2 Å². The van der Waals surface area contributed by atoms with Gasteiger partial charge in [-0.2, -0.15) is 0 Å². The summed E-state index contributed by atoms with van der Waals surface area (Å²) in [7, 11) is -9.30. The van der Waals surface area contributed by atoms with Gasteiger partial charge < -0.3 is 19.9 Å². The van der Waals surface area contributed by atoms with Gasteiger partial charge in [0.05, 0.1) is 15.7 Å². The second kappa shape index (κ2) is 13.6. The number of ether oxygens (including phenoxy) is 2. The fraction of sp³-hybridized carbons (Fsp3) is 0.545. The van der Waals surface area contributed by atoms with Crippen LogP contribution < -0.4 is 15.6 Å². The number of carboxylic acid groups (broad SMARTS) is 1. The summed E-state index contributed by atoms with van der Waals surface area (Å²) in [4.78, 5) is 49.6. The summed E-state index contributed by atoms with van der Waals surface area (Å²) in [5.41, 5.74) is -2.72. The molecule has 1 rings (SSSR count). The average Bonchev–Trinajstić information content (AvgIpc) is 2.74. The Morgan fingerprint density at radius 1 is 0.810 bits per heavy atom. The summed E-state index contributed by atoms with van der Waals surface area (Å²) in [5.74, 6) is -2.47. The topological polar surface area (TPSA) is 246 Å². The third-order valence-corrected chi connectivity index (χ3v) is 7.47. The minimum atomic E-state index is -4.72. The Kier molecular flexibility index (Phi) is 12.0. The van der Waals surface area contributed by atoms with Crippen molar-refractivity contribution in [3.63, 3.8) is 0 Å². The minimum Gasteiger partial charge on any atom is -0.480 e. The number of nitrogens with one attached hydrogen (secondary N) is 1. The number of carbonyl (C=O) groups excluding carboxylic acids is 3. The second-order valence-electron chi connectivity index (χ2n) is 10.7. The molecule has 6 N–H and O–H groups in total. The fourth-order valence-electron chi connectivity index (χ4n) is 3.01. The fourth-order valence-corrected chi connectivity index (χ4v) is 5.27. The van der Waals surface area contributed by atoms with Gasteiger partial charge in [-0.1, -0.05) is 23.2 Å². The molecule has 0 unspecified atom stereocenters. The van der Waals surface area contributed by atoms with Gasteiger partial charge in [-0.05, 0) is 47.6 Å². The number of amides is 3. The van der Waals surface area contributed by atoms with Crippen LogP contribution in [-0.2, 0) is 39.1 Å². The van der Waals surface area contributed by atoms with Crippen molar-refractivity contribution in [2.24, 2.45) is 10.3 Å². The lowest BCUT2D eigenvalue weighted by Gasteiger charge is -2.30. The number of nitrogens with two attached hydrogens (primary N) is 2. The van der Waals surface area contributed by atoms with E-state index in [4.69, 9.17) is 43.0 Å². The van der Waals surface area contributed by atoms with Gasteiger partial charge in [-0.3, -0.25) is 19.4 Å². The second-order valence-corrected chi connectivity index (χ2v) is 14.5. The Bertz CT molecular complexity index is 1450. The zero-order valence-corrected chi connectivity index (χ0v) is 26.7. The number of rotatable bonds is 10. The number of halogens is 2. The molecule has 16 nitrogen and oxygen atoms in total. The molecule has 0 aliphatic heterocycles. The van der Waals surface area contributed by atoms with E-state index in [1.807, 2.05) is 0 Å². The molecule has 0 aliphatic carbocycles. The van der Waals surface area contributed by atoms with Crippen LogP contribution in [0.25, 0.3) is 0 Å². The molecule has 0 spiro atoms. The van der Waals surface area contributed by atoms with Gasteiger partial charge in [0.2, 0.25) is 26.0 Å². The van der Waals surface area contributed by atoms with Crippen LogP contribution in [0.1, 0.15) is 41.5 Å². The number of hydrogen-bond donors (Lipinski definition) is 4. The molecule has 1 aromatic carbocycles. The number of anilines is 1. The van der Waals surface area contributed by atoms with Crippen molar-refractivity contribution >= 4 is 73.0 Å². The van der Waals surface area contributed by atoms with E-state index in [9.17, 15) is 41.1 Å². The van der Waals surface area contributed by atoms with Crippen LogP contribution in [0.15, 0.2) is 15.9 Å². The minimum absolute atomic E-state index is 0.425. The number of primary sulfonamides is 2. The molecule has 0 radical (unpaired) electrons. The maximum Gasteiger partial charge on any atom is 0.410 e. The molecule has 0 fully saturated rings. The van der Waals surface area contributed by atoms with E-state index in [0.29, 0.717) is 6.07 Å². The maximum atomic E-state index is 13.0. The van der Waals surface area contributed by atoms with Crippen molar-refractivity contribution < 1.29 is 50.6 Å². The first-order chi connectivity index (χ1) is 18.7. The van der Waals surface area contributed by atoms with Crippen LogP contribution in [0.5, 0.6) is 0 Å². The summed E-state index contributed by atoms with van der Waals surface area (Å²) in [6.07, 6.45) is -2.06. The Hall–Kier alpha value is -2.90. The standard InChI is InChI=1S/C22H33Cl2N5O11S2/c1-21(2,3)39-19(33)28(7-8-29(11-15(31)32)20(34)40-22(4,5)6)10-14(30)27-18-13(42(26,37)38)9-12(41(25,35)36)16(23)17(18)24/h9H,7-8,10-11H2,1-6H3,(H,27,30)(H,31,32)(H2,25,35,36)(H2,26,37,38). The van der Waals surface area contributed by atoms with Gasteiger partial charge in [-0.25, -0.2) is 36.7 Å². The first-order valence-electron chi connectivity index (χ1n) is 11.8. The SMILES string of the molecule is CC(C)(C)OC(=O)N(CCN(CC(=O)Nc1c(S(N)(=O)=O)cc(S(N)(=O)=O)c(Cl)c1Cl)C(=O)OC(C)(C)C)CC(=O)O. The van der Waals surface area contributed by atoms with Gasteiger partial charge in [0, 0.05) is 13.1 Å². The molecular formula is C22H33Cl2N5O11S2. The monoisotopic (exact) mass is 677 g/mol. The molecular weight excluding hydrogens is 645 g/mol. The Balaban J connectivity index is 3.43. The van der Waals surface area contributed by atoms with Gasteiger partial charge in [0.15, 0.2) is 0 Å². The molecule has 0 aliphatic rings. The van der Waals surface area contributed by atoms with Crippen LogP contribution in [0.4, 0.5) is 15.3 Å². The normalized spacial score (nSPS) is 12.3. The summed E-state index contributed by atoms with van der Waals surface area (Å²) < 4.78 is 58.6. The lowest BCUT2D eigenvalue weighted by Crippen LogP contribution is -2.47. The highest BCUT2D eigenvalue weighted by Gasteiger charge is 2.31. The number of sulfonamides is 2. The van der Waals surface area contributed by atoms with Crippen LogP contribution in [0.3, 0.4) is 0 Å². The molecule has 0 heterocycles. The number of hydrogen-bond acceptors (Lipinski definition) is 10. The van der Waals surface area contributed by atoms with Crippen LogP contribution in [0, 0.1) is 0 Å². The molecule has 238 valence electrons. The van der Waals surface area contributed by atoms with Crippen molar-refractivity contribution in [2.45, 2.75) is 62.5 Å². The van der Waals surface area contributed by atoms with E-state index in [1.54, 1.807) is 20.8 Å². The van der Waals surface area contributed by atoms with Gasteiger partial charge in [0.25, 0.3) is 0 Å². The molecule has 20 heteroatoms. The number of carbonyl (C=O) groups is 4. The van der Waals surface area contributed by atoms with Crippen molar-refractivity contribution in [1.29, 1.82) is 0 Å². The molecule has 1 aromatic rings. The molecule has 42 heavy (non-hydrogen) atoms.